The fourth-order valence-corrected chi connectivity index (χ4v) is 3.77. The van der Waals surface area contributed by atoms with Gasteiger partial charge in [0.25, 0.3) is 5.91 Å². The number of para-hydroxylation sites is 1. The van der Waals surface area contributed by atoms with Crippen LogP contribution in [-0.2, 0) is 6.54 Å². The standard InChI is InChI=1S/C25H19N3O/c29-25(19-12-14-26-15-13-19)27-20-10-11-24-22(16-20)21-8-4-5-9-23(21)28(24)17-18-6-2-1-3-7-18/h1-16H,17H2,(H,27,29). The van der Waals surface area contributed by atoms with Gasteiger partial charge in [-0.05, 0) is 42.0 Å². The molecular formula is C25H19N3O. The molecule has 0 aliphatic carbocycles. The summed E-state index contributed by atoms with van der Waals surface area (Å²) in [5.74, 6) is -0.139. The van der Waals surface area contributed by atoms with Crippen molar-refractivity contribution in [3.8, 4) is 0 Å². The largest absolute Gasteiger partial charge is 0.336 e. The number of aromatic nitrogens is 2. The molecule has 4 heteroatoms. The lowest BCUT2D eigenvalue weighted by atomic mass is 10.1. The number of hydrogen-bond acceptors (Lipinski definition) is 2. The van der Waals surface area contributed by atoms with Crippen LogP contribution in [-0.4, -0.2) is 15.5 Å². The molecule has 2 heterocycles. The zero-order valence-electron chi connectivity index (χ0n) is 15.7. The molecule has 4 nitrogen and oxygen atoms in total. The van der Waals surface area contributed by atoms with Gasteiger partial charge in [0.1, 0.15) is 0 Å². The molecule has 5 aromatic rings. The first kappa shape index (κ1) is 17.2. The van der Waals surface area contributed by atoms with Crippen molar-refractivity contribution in [1.29, 1.82) is 0 Å². The number of carbonyl (C=O) groups excluding carboxylic acids is 1. The lowest BCUT2D eigenvalue weighted by Gasteiger charge is -2.09. The summed E-state index contributed by atoms with van der Waals surface area (Å²) >= 11 is 0. The molecule has 0 fully saturated rings. The molecule has 1 N–H and O–H groups in total. The molecule has 0 spiro atoms. The maximum atomic E-state index is 12.5. The van der Waals surface area contributed by atoms with Crippen LogP contribution >= 0.6 is 0 Å². The zero-order chi connectivity index (χ0) is 19.6. The van der Waals surface area contributed by atoms with E-state index in [1.54, 1.807) is 24.5 Å². The molecule has 0 saturated carbocycles. The predicted molar refractivity (Wildman–Crippen MR) is 117 cm³/mol. The molecule has 0 atom stereocenters. The molecule has 140 valence electrons. The second-order valence-corrected chi connectivity index (χ2v) is 7.01. The Morgan fingerprint density at radius 3 is 2.34 bits per heavy atom. The third-order valence-corrected chi connectivity index (χ3v) is 5.16. The Hall–Kier alpha value is -3.92. The van der Waals surface area contributed by atoms with Gasteiger partial charge in [-0.3, -0.25) is 9.78 Å². The van der Waals surface area contributed by atoms with Crippen LogP contribution in [0.25, 0.3) is 21.8 Å². The molecule has 3 aromatic carbocycles. The number of carbonyl (C=O) groups is 1. The highest BCUT2D eigenvalue weighted by molar-refractivity contribution is 6.11. The number of amides is 1. The zero-order valence-corrected chi connectivity index (χ0v) is 15.7. The maximum absolute atomic E-state index is 12.5. The summed E-state index contributed by atoms with van der Waals surface area (Å²) in [7, 11) is 0. The Labute approximate surface area is 168 Å². The minimum absolute atomic E-state index is 0.139. The molecular weight excluding hydrogens is 358 g/mol. The highest BCUT2D eigenvalue weighted by Gasteiger charge is 2.12. The fourth-order valence-electron chi connectivity index (χ4n) is 3.77. The number of fused-ring (bicyclic) bond motifs is 3. The number of nitrogens with one attached hydrogen (secondary N) is 1. The van der Waals surface area contributed by atoms with E-state index >= 15 is 0 Å². The highest BCUT2D eigenvalue weighted by Crippen LogP contribution is 2.31. The van der Waals surface area contributed by atoms with Crippen LogP contribution in [0.5, 0.6) is 0 Å². The summed E-state index contributed by atoms with van der Waals surface area (Å²) in [5.41, 5.74) is 4.96. The van der Waals surface area contributed by atoms with Gasteiger partial charge >= 0.3 is 0 Å². The molecule has 0 saturated heterocycles. The second-order valence-electron chi connectivity index (χ2n) is 7.01. The third-order valence-electron chi connectivity index (χ3n) is 5.16. The number of nitrogens with zero attached hydrogens (tertiary/aromatic N) is 2. The van der Waals surface area contributed by atoms with E-state index in [4.69, 9.17) is 0 Å². The number of benzene rings is 3. The lowest BCUT2D eigenvalue weighted by Crippen LogP contribution is -2.11. The van der Waals surface area contributed by atoms with E-state index in [0.717, 1.165) is 23.1 Å². The third kappa shape index (κ3) is 3.25. The van der Waals surface area contributed by atoms with E-state index < -0.39 is 0 Å². The number of hydrogen-bond donors (Lipinski definition) is 1. The van der Waals surface area contributed by atoms with Crippen LogP contribution in [0.4, 0.5) is 5.69 Å². The summed E-state index contributed by atoms with van der Waals surface area (Å²) in [6, 6.07) is 28.4. The van der Waals surface area contributed by atoms with Gasteiger partial charge in [-0.1, -0.05) is 48.5 Å². The van der Waals surface area contributed by atoms with Crippen molar-refractivity contribution in [2.24, 2.45) is 0 Å². The molecule has 0 unspecified atom stereocenters. The summed E-state index contributed by atoms with van der Waals surface area (Å²) in [4.78, 5) is 16.5. The Balaban J connectivity index is 1.58. The number of rotatable bonds is 4. The van der Waals surface area contributed by atoms with Crippen molar-refractivity contribution in [3.63, 3.8) is 0 Å². The molecule has 0 aliphatic heterocycles. The predicted octanol–water partition coefficient (Wildman–Crippen LogP) is 5.49. The van der Waals surface area contributed by atoms with Crippen LogP contribution in [0.2, 0.25) is 0 Å². The number of anilines is 1. The maximum Gasteiger partial charge on any atom is 0.255 e. The second kappa shape index (κ2) is 7.24. The fraction of sp³-hybridized carbons (Fsp3) is 0.0400. The molecule has 0 aliphatic rings. The van der Waals surface area contributed by atoms with Crippen molar-refractivity contribution < 1.29 is 4.79 Å². The van der Waals surface area contributed by atoms with Gasteiger partial charge in [0.2, 0.25) is 0 Å². The van der Waals surface area contributed by atoms with E-state index in [0.29, 0.717) is 5.56 Å². The van der Waals surface area contributed by atoms with E-state index in [9.17, 15) is 4.79 Å². The smallest absolute Gasteiger partial charge is 0.255 e. The SMILES string of the molecule is O=C(Nc1ccc2c(c1)c1ccccc1n2Cc1ccccc1)c1ccncc1. The van der Waals surface area contributed by atoms with Crippen molar-refractivity contribution >= 4 is 33.4 Å². The quantitative estimate of drug-likeness (QED) is 0.450. The Morgan fingerprint density at radius 2 is 1.52 bits per heavy atom. The van der Waals surface area contributed by atoms with Crippen molar-refractivity contribution in [2.75, 3.05) is 5.32 Å². The highest BCUT2D eigenvalue weighted by atomic mass is 16.1. The van der Waals surface area contributed by atoms with Gasteiger partial charge in [-0.2, -0.15) is 0 Å². The van der Waals surface area contributed by atoms with E-state index in [1.165, 1.54) is 16.5 Å². The first-order chi connectivity index (χ1) is 14.3. The Kier molecular flexibility index (Phi) is 4.30. The minimum atomic E-state index is -0.139. The van der Waals surface area contributed by atoms with Crippen LogP contribution in [0.1, 0.15) is 15.9 Å². The van der Waals surface area contributed by atoms with Gasteiger partial charge in [-0.15, -0.1) is 0 Å². The van der Waals surface area contributed by atoms with Crippen LogP contribution in [0.3, 0.4) is 0 Å². The average molecular weight is 377 g/mol. The van der Waals surface area contributed by atoms with Crippen molar-refractivity contribution in [2.45, 2.75) is 6.54 Å². The summed E-state index contributed by atoms with van der Waals surface area (Å²) in [6.45, 7) is 0.799. The van der Waals surface area contributed by atoms with Crippen LogP contribution < -0.4 is 5.32 Å². The van der Waals surface area contributed by atoms with Gasteiger partial charge < -0.3 is 9.88 Å². The first-order valence-electron chi connectivity index (χ1n) is 9.56. The first-order valence-corrected chi connectivity index (χ1v) is 9.56. The van der Waals surface area contributed by atoms with E-state index in [1.807, 2.05) is 12.1 Å². The van der Waals surface area contributed by atoms with Gasteiger partial charge in [0, 0.05) is 52.0 Å². The van der Waals surface area contributed by atoms with E-state index in [2.05, 4.69) is 75.5 Å². The minimum Gasteiger partial charge on any atom is -0.336 e. The molecule has 5 rings (SSSR count). The van der Waals surface area contributed by atoms with Crippen LogP contribution in [0.15, 0.2) is 97.3 Å². The summed E-state index contributed by atoms with van der Waals surface area (Å²) < 4.78 is 2.33. The van der Waals surface area contributed by atoms with Crippen molar-refractivity contribution in [3.05, 3.63) is 108 Å². The lowest BCUT2D eigenvalue weighted by molar-refractivity contribution is 0.102. The monoisotopic (exact) mass is 377 g/mol. The summed E-state index contributed by atoms with van der Waals surface area (Å²) in [5, 5.41) is 5.31. The number of pyridine rings is 1. The van der Waals surface area contributed by atoms with Gasteiger partial charge in [0.05, 0.1) is 0 Å². The normalized spacial score (nSPS) is 11.0. The molecule has 2 aromatic heterocycles. The van der Waals surface area contributed by atoms with Crippen molar-refractivity contribution in [1.82, 2.24) is 9.55 Å². The molecule has 0 bridgehead atoms. The Morgan fingerprint density at radius 1 is 0.793 bits per heavy atom. The van der Waals surface area contributed by atoms with Crippen LogP contribution in [0, 0.1) is 0 Å². The molecule has 29 heavy (non-hydrogen) atoms. The Bertz CT molecular complexity index is 1310. The topological polar surface area (TPSA) is 46.9 Å². The molecule has 1 amide bonds. The average Bonchev–Trinajstić information content (AvgIpc) is 3.08. The van der Waals surface area contributed by atoms with Gasteiger partial charge in [-0.25, -0.2) is 0 Å². The van der Waals surface area contributed by atoms with E-state index in [-0.39, 0.29) is 5.91 Å². The summed E-state index contributed by atoms with van der Waals surface area (Å²) in [6.07, 6.45) is 3.24. The molecule has 0 radical (unpaired) electrons. The van der Waals surface area contributed by atoms with Gasteiger partial charge in [0.15, 0.2) is 0 Å².